The normalized spacial score (nSPS) is 11.6. The van der Waals surface area contributed by atoms with Crippen molar-refractivity contribution in [2.24, 2.45) is 0 Å². The van der Waals surface area contributed by atoms with Gasteiger partial charge in [-0.3, -0.25) is 5.32 Å². The lowest BCUT2D eigenvalue weighted by molar-refractivity contribution is 0.262. The summed E-state index contributed by atoms with van der Waals surface area (Å²) in [6.07, 6.45) is 1.04. The Labute approximate surface area is 180 Å². The molecule has 0 unspecified atom stereocenters. The molecule has 1 heterocycles. The van der Waals surface area contributed by atoms with Crippen LogP contribution in [0.3, 0.4) is 0 Å². The van der Waals surface area contributed by atoms with Gasteiger partial charge in [0, 0.05) is 5.69 Å². The third-order valence-electron chi connectivity index (χ3n) is 4.52. The molecule has 0 aliphatic heterocycles. The molecule has 158 valence electrons. The van der Waals surface area contributed by atoms with Crippen molar-refractivity contribution in [2.45, 2.75) is 39.7 Å². The number of hydrogen-bond donors (Lipinski definition) is 2. The minimum atomic E-state index is -0.384. The molecule has 0 bridgehead atoms. The summed E-state index contributed by atoms with van der Waals surface area (Å²) in [4.78, 5) is 12.2. The van der Waals surface area contributed by atoms with Crippen LogP contribution in [0.5, 0.6) is 11.5 Å². The predicted octanol–water partition coefficient (Wildman–Crippen LogP) is 5.67. The number of urea groups is 1. The van der Waals surface area contributed by atoms with Gasteiger partial charge in [-0.1, -0.05) is 43.4 Å². The molecular weight excluding hydrogens is 400 g/mol. The van der Waals surface area contributed by atoms with Crippen LogP contribution in [0.15, 0.2) is 48.5 Å². The van der Waals surface area contributed by atoms with Crippen molar-refractivity contribution < 1.29 is 14.3 Å². The number of aromatic nitrogens is 2. The van der Waals surface area contributed by atoms with Gasteiger partial charge in [0.1, 0.15) is 18.1 Å². The Morgan fingerprint density at radius 3 is 2.53 bits per heavy atom. The number of carbonyl (C=O) groups is 1. The first-order chi connectivity index (χ1) is 14.6. The van der Waals surface area contributed by atoms with E-state index in [2.05, 4.69) is 40.7 Å². The molecule has 30 heavy (non-hydrogen) atoms. The SMILES string of the molecule is CCOc1ccc(NC(=O)Nc2nnc(COc3ccccc3[C@H](C)CC)s2)cc1. The second-order valence-electron chi connectivity index (χ2n) is 6.67. The number of amides is 2. The lowest BCUT2D eigenvalue weighted by Crippen LogP contribution is -2.19. The van der Waals surface area contributed by atoms with Crippen molar-refractivity contribution in [3.63, 3.8) is 0 Å². The Balaban J connectivity index is 1.53. The summed E-state index contributed by atoms with van der Waals surface area (Å²) < 4.78 is 11.3. The maximum Gasteiger partial charge on any atom is 0.325 e. The van der Waals surface area contributed by atoms with Gasteiger partial charge in [-0.2, -0.15) is 0 Å². The van der Waals surface area contributed by atoms with Gasteiger partial charge in [0.2, 0.25) is 5.13 Å². The number of hydrogen-bond acceptors (Lipinski definition) is 6. The van der Waals surface area contributed by atoms with E-state index in [-0.39, 0.29) is 6.03 Å². The molecule has 7 nitrogen and oxygen atoms in total. The number of nitrogens with one attached hydrogen (secondary N) is 2. The van der Waals surface area contributed by atoms with Gasteiger partial charge in [0.15, 0.2) is 5.01 Å². The number of anilines is 2. The largest absolute Gasteiger partial charge is 0.494 e. The van der Waals surface area contributed by atoms with Crippen molar-refractivity contribution in [3.8, 4) is 11.5 Å². The summed E-state index contributed by atoms with van der Waals surface area (Å²) >= 11 is 1.28. The molecule has 2 N–H and O–H groups in total. The van der Waals surface area contributed by atoms with Gasteiger partial charge in [-0.05, 0) is 55.2 Å². The lowest BCUT2D eigenvalue weighted by Gasteiger charge is -2.14. The second kappa shape index (κ2) is 10.6. The molecule has 3 rings (SSSR count). The lowest BCUT2D eigenvalue weighted by atomic mass is 9.98. The zero-order valence-electron chi connectivity index (χ0n) is 17.3. The Morgan fingerprint density at radius 2 is 1.80 bits per heavy atom. The number of para-hydroxylation sites is 1. The van der Waals surface area contributed by atoms with Crippen molar-refractivity contribution >= 4 is 28.2 Å². The van der Waals surface area contributed by atoms with E-state index in [4.69, 9.17) is 9.47 Å². The van der Waals surface area contributed by atoms with Crippen LogP contribution in [0.25, 0.3) is 0 Å². The molecule has 0 spiro atoms. The van der Waals surface area contributed by atoms with Crippen molar-refractivity contribution in [1.82, 2.24) is 10.2 Å². The number of rotatable bonds is 9. The van der Waals surface area contributed by atoms with Gasteiger partial charge in [0.25, 0.3) is 0 Å². The fourth-order valence-electron chi connectivity index (χ4n) is 2.80. The third-order valence-corrected chi connectivity index (χ3v) is 5.34. The molecule has 2 amide bonds. The maximum absolute atomic E-state index is 12.2. The van der Waals surface area contributed by atoms with Crippen LogP contribution in [0.1, 0.15) is 43.7 Å². The molecule has 2 aromatic carbocycles. The average Bonchev–Trinajstić information content (AvgIpc) is 3.20. The Hall–Kier alpha value is -3.13. The summed E-state index contributed by atoms with van der Waals surface area (Å²) in [5.74, 6) is 2.02. The summed E-state index contributed by atoms with van der Waals surface area (Å²) in [5, 5.41) is 14.7. The van der Waals surface area contributed by atoms with Crippen LogP contribution in [-0.4, -0.2) is 22.8 Å². The highest BCUT2D eigenvalue weighted by Crippen LogP contribution is 2.29. The molecule has 0 aliphatic carbocycles. The van der Waals surface area contributed by atoms with Crippen molar-refractivity contribution in [1.29, 1.82) is 0 Å². The minimum absolute atomic E-state index is 0.299. The maximum atomic E-state index is 12.2. The minimum Gasteiger partial charge on any atom is -0.494 e. The smallest absolute Gasteiger partial charge is 0.325 e. The Bertz CT molecular complexity index is 959. The predicted molar refractivity (Wildman–Crippen MR) is 120 cm³/mol. The molecule has 0 saturated carbocycles. The third kappa shape index (κ3) is 5.93. The van der Waals surface area contributed by atoms with Crippen molar-refractivity contribution in [3.05, 3.63) is 59.1 Å². The molecule has 8 heteroatoms. The van der Waals surface area contributed by atoms with Crippen LogP contribution in [0, 0.1) is 0 Å². The van der Waals surface area contributed by atoms with Gasteiger partial charge in [0.05, 0.1) is 6.61 Å². The number of benzene rings is 2. The molecule has 0 aliphatic rings. The zero-order chi connectivity index (χ0) is 21.3. The first kappa shape index (κ1) is 21.6. The van der Waals surface area contributed by atoms with E-state index in [1.165, 1.54) is 16.9 Å². The molecule has 1 aromatic heterocycles. The molecule has 0 radical (unpaired) electrons. The van der Waals surface area contributed by atoms with E-state index >= 15 is 0 Å². The Morgan fingerprint density at radius 1 is 1.03 bits per heavy atom. The zero-order valence-corrected chi connectivity index (χ0v) is 18.2. The summed E-state index contributed by atoms with van der Waals surface area (Å²) in [6.45, 7) is 7.15. The number of nitrogens with zero attached hydrogens (tertiary/aromatic N) is 2. The number of ether oxygens (including phenoxy) is 2. The van der Waals surface area contributed by atoms with E-state index in [1.807, 2.05) is 25.1 Å². The van der Waals surface area contributed by atoms with Crippen LogP contribution >= 0.6 is 11.3 Å². The van der Waals surface area contributed by atoms with Crippen LogP contribution in [0.2, 0.25) is 0 Å². The quantitative estimate of drug-likeness (QED) is 0.460. The first-order valence-electron chi connectivity index (χ1n) is 9.94. The standard InChI is InChI=1S/C22H26N4O3S/c1-4-15(3)18-8-6-7-9-19(18)29-14-20-25-26-22(30-20)24-21(27)23-16-10-12-17(13-11-16)28-5-2/h6-13,15H,4-5,14H2,1-3H3,(H2,23,24,26,27)/t15-/m1/s1. The van der Waals surface area contributed by atoms with Gasteiger partial charge < -0.3 is 14.8 Å². The molecule has 1 atom stereocenters. The topological polar surface area (TPSA) is 85.4 Å². The summed E-state index contributed by atoms with van der Waals surface area (Å²) in [5.41, 5.74) is 1.84. The molecule has 3 aromatic rings. The van der Waals surface area contributed by atoms with Crippen LogP contribution in [0.4, 0.5) is 15.6 Å². The van der Waals surface area contributed by atoms with E-state index < -0.39 is 0 Å². The molecule has 0 saturated heterocycles. The van der Waals surface area contributed by atoms with E-state index in [0.717, 1.165) is 17.9 Å². The first-order valence-corrected chi connectivity index (χ1v) is 10.8. The Kier molecular flexibility index (Phi) is 7.62. The molecular formula is C22H26N4O3S. The number of carbonyl (C=O) groups excluding carboxylic acids is 1. The molecule has 0 fully saturated rings. The summed E-state index contributed by atoms with van der Waals surface area (Å²) in [6, 6.07) is 14.8. The van der Waals surface area contributed by atoms with Gasteiger partial charge in [-0.15, -0.1) is 10.2 Å². The monoisotopic (exact) mass is 426 g/mol. The average molecular weight is 427 g/mol. The second-order valence-corrected chi connectivity index (χ2v) is 7.74. The fraction of sp³-hybridized carbons (Fsp3) is 0.318. The van der Waals surface area contributed by atoms with Gasteiger partial charge in [-0.25, -0.2) is 4.79 Å². The van der Waals surface area contributed by atoms with Crippen LogP contribution in [-0.2, 0) is 6.61 Å². The highest BCUT2D eigenvalue weighted by Gasteiger charge is 2.12. The van der Waals surface area contributed by atoms with Crippen LogP contribution < -0.4 is 20.1 Å². The summed E-state index contributed by atoms with van der Waals surface area (Å²) in [7, 11) is 0. The van der Waals surface area contributed by atoms with E-state index in [0.29, 0.717) is 35.0 Å². The van der Waals surface area contributed by atoms with E-state index in [9.17, 15) is 4.79 Å². The highest BCUT2D eigenvalue weighted by molar-refractivity contribution is 7.15. The fourth-order valence-corrected chi connectivity index (χ4v) is 3.45. The van der Waals surface area contributed by atoms with Crippen molar-refractivity contribution in [2.75, 3.05) is 17.2 Å². The highest BCUT2D eigenvalue weighted by atomic mass is 32.1. The van der Waals surface area contributed by atoms with E-state index in [1.54, 1.807) is 24.3 Å². The van der Waals surface area contributed by atoms with Gasteiger partial charge >= 0.3 is 6.03 Å².